The summed E-state index contributed by atoms with van der Waals surface area (Å²) in [5.41, 5.74) is 1.83. The Bertz CT molecular complexity index is 1160. The summed E-state index contributed by atoms with van der Waals surface area (Å²) < 4.78 is 26.4. The molecule has 5 nitrogen and oxygen atoms in total. The molecule has 2 heterocycles. The maximum Gasteiger partial charge on any atom is 0.265 e. The molecule has 3 aromatic rings. The molecule has 1 aliphatic rings. The first-order valence-electron chi connectivity index (χ1n) is 10.1. The van der Waals surface area contributed by atoms with Gasteiger partial charge < -0.3 is 9.80 Å². The fraction of sp³-hybridized carbons (Fsp3) is 0.261. The lowest BCUT2D eigenvalue weighted by Gasteiger charge is -2.34. The first-order valence-corrected chi connectivity index (χ1v) is 11.3. The fourth-order valence-corrected chi connectivity index (χ4v) is 4.91. The molecule has 1 fully saturated rings. The van der Waals surface area contributed by atoms with Crippen LogP contribution in [0.5, 0.6) is 0 Å². The van der Waals surface area contributed by atoms with Crippen molar-refractivity contribution in [1.82, 2.24) is 14.8 Å². The number of carbonyl (C=O) groups is 2. The van der Waals surface area contributed by atoms with Crippen molar-refractivity contribution in [3.05, 3.63) is 85.8 Å². The van der Waals surface area contributed by atoms with E-state index in [0.717, 1.165) is 16.6 Å². The Labute approximate surface area is 193 Å². The molecule has 0 radical (unpaired) electrons. The molecule has 166 valence electrons. The Balaban J connectivity index is 1.39. The van der Waals surface area contributed by atoms with Gasteiger partial charge in [0.05, 0.1) is 21.3 Å². The van der Waals surface area contributed by atoms with Gasteiger partial charge in [-0.15, -0.1) is 11.3 Å². The SMILES string of the molecule is Cc1nc(Cc2ccc(F)cc2)sc1C(=O)N1CCN(C(=O)c2ccc(F)cc2Cl)CC1. The van der Waals surface area contributed by atoms with Gasteiger partial charge in [0.25, 0.3) is 11.8 Å². The minimum absolute atomic E-state index is 0.0717. The normalized spacial score (nSPS) is 14.0. The van der Waals surface area contributed by atoms with E-state index in [-0.39, 0.29) is 28.2 Å². The Morgan fingerprint density at radius 1 is 0.969 bits per heavy atom. The zero-order chi connectivity index (χ0) is 22.8. The summed E-state index contributed by atoms with van der Waals surface area (Å²) in [4.78, 5) is 34.2. The van der Waals surface area contributed by atoms with E-state index in [0.29, 0.717) is 43.2 Å². The van der Waals surface area contributed by atoms with Crippen molar-refractivity contribution in [3.63, 3.8) is 0 Å². The largest absolute Gasteiger partial charge is 0.335 e. The van der Waals surface area contributed by atoms with Crippen molar-refractivity contribution in [2.75, 3.05) is 26.2 Å². The lowest BCUT2D eigenvalue weighted by atomic mass is 10.1. The third-order valence-corrected chi connectivity index (χ3v) is 6.78. The lowest BCUT2D eigenvalue weighted by Crippen LogP contribution is -2.50. The summed E-state index contributed by atoms with van der Waals surface area (Å²) in [6.07, 6.45) is 0.528. The van der Waals surface area contributed by atoms with Crippen LogP contribution in [0.4, 0.5) is 8.78 Å². The number of aromatic nitrogens is 1. The van der Waals surface area contributed by atoms with Crippen molar-refractivity contribution in [1.29, 1.82) is 0 Å². The molecule has 1 saturated heterocycles. The van der Waals surface area contributed by atoms with Crippen LogP contribution in [-0.4, -0.2) is 52.8 Å². The van der Waals surface area contributed by atoms with E-state index in [9.17, 15) is 18.4 Å². The Hall–Kier alpha value is -2.84. The van der Waals surface area contributed by atoms with Crippen LogP contribution in [0.25, 0.3) is 0 Å². The molecule has 0 unspecified atom stereocenters. The number of rotatable bonds is 4. The number of piperazine rings is 1. The first kappa shape index (κ1) is 22.4. The molecule has 2 amide bonds. The average molecular weight is 476 g/mol. The van der Waals surface area contributed by atoms with Crippen molar-refractivity contribution in [2.45, 2.75) is 13.3 Å². The van der Waals surface area contributed by atoms with Gasteiger partial charge in [-0.25, -0.2) is 13.8 Å². The van der Waals surface area contributed by atoms with E-state index in [2.05, 4.69) is 4.98 Å². The molecular weight excluding hydrogens is 456 g/mol. The predicted octanol–water partition coefficient (Wildman–Crippen LogP) is 4.57. The number of nitrogens with zero attached hydrogens (tertiary/aromatic N) is 3. The number of halogens is 3. The molecular formula is C23H20ClF2N3O2S. The molecule has 32 heavy (non-hydrogen) atoms. The molecule has 4 rings (SSSR count). The Morgan fingerprint density at radius 2 is 1.56 bits per heavy atom. The third kappa shape index (κ3) is 4.81. The maximum atomic E-state index is 13.3. The van der Waals surface area contributed by atoms with Crippen molar-refractivity contribution in [2.24, 2.45) is 0 Å². The third-order valence-electron chi connectivity index (χ3n) is 5.32. The standard InChI is InChI=1S/C23H20ClF2N3O2S/c1-14-21(32-20(27-14)12-15-2-4-16(25)5-3-15)23(31)29-10-8-28(9-11-29)22(30)18-7-6-17(26)13-19(18)24/h2-7,13H,8-12H2,1H3. The summed E-state index contributed by atoms with van der Waals surface area (Å²) in [7, 11) is 0. The number of hydrogen-bond donors (Lipinski definition) is 0. The minimum Gasteiger partial charge on any atom is -0.335 e. The minimum atomic E-state index is -0.499. The molecule has 0 spiro atoms. The van der Waals surface area contributed by atoms with Gasteiger partial charge in [0, 0.05) is 32.6 Å². The van der Waals surface area contributed by atoms with Crippen LogP contribution < -0.4 is 0 Å². The van der Waals surface area contributed by atoms with Crippen LogP contribution in [0.2, 0.25) is 5.02 Å². The topological polar surface area (TPSA) is 53.5 Å². The van der Waals surface area contributed by atoms with Crippen LogP contribution >= 0.6 is 22.9 Å². The van der Waals surface area contributed by atoms with Crippen molar-refractivity contribution >= 4 is 34.8 Å². The van der Waals surface area contributed by atoms with E-state index in [1.165, 1.54) is 35.6 Å². The average Bonchev–Trinajstić information content (AvgIpc) is 3.14. The highest BCUT2D eigenvalue weighted by Gasteiger charge is 2.28. The highest BCUT2D eigenvalue weighted by molar-refractivity contribution is 7.13. The summed E-state index contributed by atoms with van der Waals surface area (Å²) in [6, 6.07) is 9.92. The van der Waals surface area contributed by atoms with Gasteiger partial charge in [-0.2, -0.15) is 0 Å². The summed E-state index contributed by atoms with van der Waals surface area (Å²) in [5.74, 6) is -1.19. The number of amides is 2. The van der Waals surface area contributed by atoms with Gasteiger partial charge in [-0.1, -0.05) is 23.7 Å². The van der Waals surface area contributed by atoms with Crippen molar-refractivity contribution in [3.8, 4) is 0 Å². The van der Waals surface area contributed by atoms with Gasteiger partial charge >= 0.3 is 0 Å². The number of thiazole rings is 1. The molecule has 9 heteroatoms. The molecule has 0 N–H and O–H groups in total. The second-order valence-electron chi connectivity index (χ2n) is 7.53. The monoisotopic (exact) mass is 475 g/mol. The number of carbonyl (C=O) groups excluding carboxylic acids is 2. The second kappa shape index (κ2) is 9.34. The van der Waals surface area contributed by atoms with E-state index in [1.807, 2.05) is 0 Å². The zero-order valence-electron chi connectivity index (χ0n) is 17.3. The molecule has 2 aromatic carbocycles. The predicted molar refractivity (Wildman–Crippen MR) is 119 cm³/mol. The zero-order valence-corrected chi connectivity index (χ0v) is 18.8. The molecule has 0 bridgehead atoms. The highest BCUT2D eigenvalue weighted by atomic mass is 35.5. The summed E-state index contributed by atoms with van der Waals surface area (Å²) >= 11 is 7.35. The van der Waals surface area contributed by atoms with Gasteiger partial charge in [0.15, 0.2) is 0 Å². The smallest absolute Gasteiger partial charge is 0.265 e. The van der Waals surface area contributed by atoms with Gasteiger partial charge in [0.2, 0.25) is 0 Å². The highest BCUT2D eigenvalue weighted by Crippen LogP contribution is 2.24. The molecule has 0 atom stereocenters. The number of benzene rings is 2. The molecule has 0 aliphatic carbocycles. The van der Waals surface area contributed by atoms with Crippen LogP contribution in [0, 0.1) is 18.6 Å². The van der Waals surface area contributed by atoms with Crippen molar-refractivity contribution < 1.29 is 18.4 Å². The molecule has 0 saturated carbocycles. The molecule has 1 aliphatic heterocycles. The quantitative estimate of drug-likeness (QED) is 0.555. The van der Waals surface area contributed by atoms with Crippen LogP contribution in [0.3, 0.4) is 0 Å². The lowest BCUT2D eigenvalue weighted by molar-refractivity contribution is 0.0537. The van der Waals surface area contributed by atoms with Crippen LogP contribution in [-0.2, 0) is 6.42 Å². The van der Waals surface area contributed by atoms with Crippen LogP contribution in [0.1, 0.15) is 36.3 Å². The van der Waals surface area contributed by atoms with Gasteiger partial charge in [0.1, 0.15) is 16.5 Å². The Kier molecular flexibility index (Phi) is 6.53. The maximum absolute atomic E-state index is 13.3. The fourth-order valence-electron chi connectivity index (χ4n) is 3.59. The van der Waals surface area contributed by atoms with E-state index >= 15 is 0 Å². The summed E-state index contributed by atoms with van der Waals surface area (Å²) in [6.45, 7) is 3.29. The molecule has 1 aromatic heterocycles. The van der Waals surface area contributed by atoms with Crippen LogP contribution in [0.15, 0.2) is 42.5 Å². The number of aryl methyl sites for hydroxylation is 1. The van der Waals surface area contributed by atoms with E-state index in [1.54, 1.807) is 28.9 Å². The van der Waals surface area contributed by atoms with Gasteiger partial charge in [-0.05, 0) is 42.8 Å². The number of hydrogen-bond acceptors (Lipinski definition) is 4. The second-order valence-corrected chi connectivity index (χ2v) is 9.02. The van der Waals surface area contributed by atoms with E-state index in [4.69, 9.17) is 11.6 Å². The summed E-state index contributed by atoms with van der Waals surface area (Å²) in [5, 5.41) is 0.861. The Morgan fingerprint density at radius 3 is 2.19 bits per heavy atom. The van der Waals surface area contributed by atoms with E-state index < -0.39 is 5.82 Å². The first-order chi connectivity index (χ1) is 15.3. The van der Waals surface area contributed by atoms with Gasteiger partial charge in [-0.3, -0.25) is 9.59 Å².